The number of benzene rings is 1. The fourth-order valence-corrected chi connectivity index (χ4v) is 3.28. The second-order valence-electron chi connectivity index (χ2n) is 7.04. The molecule has 24 heavy (non-hydrogen) atoms. The van der Waals surface area contributed by atoms with Gasteiger partial charge in [-0.15, -0.1) is 0 Å². The number of hydrogen-bond donors (Lipinski definition) is 1. The lowest BCUT2D eigenvalue weighted by molar-refractivity contribution is 0.0954. The van der Waals surface area contributed by atoms with Gasteiger partial charge in [0.15, 0.2) is 0 Å². The van der Waals surface area contributed by atoms with Gasteiger partial charge in [0.25, 0.3) is 5.91 Å². The summed E-state index contributed by atoms with van der Waals surface area (Å²) in [4.78, 5) is 12.1. The first-order valence-corrected chi connectivity index (χ1v) is 8.62. The van der Waals surface area contributed by atoms with E-state index in [1.54, 1.807) is 12.1 Å². The van der Waals surface area contributed by atoms with E-state index in [-0.39, 0.29) is 11.8 Å². The number of carbonyl (C=O) groups is 1. The lowest BCUT2D eigenvalue weighted by Gasteiger charge is -2.36. The Morgan fingerprint density at radius 3 is 2.46 bits per heavy atom. The van der Waals surface area contributed by atoms with Crippen LogP contribution in [-0.4, -0.2) is 12.1 Å². The van der Waals surface area contributed by atoms with Crippen molar-refractivity contribution in [3.63, 3.8) is 0 Å². The number of hydrogen-bond acceptors (Lipinski definition) is 2. The molecule has 0 aliphatic heterocycles. The third-order valence-corrected chi connectivity index (χ3v) is 4.99. The highest BCUT2D eigenvalue weighted by molar-refractivity contribution is 5.94. The molecule has 3 nitrogen and oxygen atoms in total. The molecule has 3 heteroatoms. The Kier molecular flexibility index (Phi) is 6.13. The van der Waals surface area contributed by atoms with Crippen LogP contribution in [0.4, 0.5) is 0 Å². The Hall–Kier alpha value is -2.16. The first kappa shape index (κ1) is 18.2. The van der Waals surface area contributed by atoms with Crippen LogP contribution in [0, 0.1) is 23.7 Å². The second-order valence-corrected chi connectivity index (χ2v) is 7.04. The van der Waals surface area contributed by atoms with Crippen molar-refractivity contribution in [2.75, 3.05) is 0 Å². The molecular weight excluding hydrogens is 296 g/mol. The van der Waals surface area contributed by atoms with Gasteiger partial charge in [0, 0.05) is 23.6 Å². The van der Waals surface area contributed by atoms with Crippen LogP contribution in [0.5, 0.6) is 0 Å². The lowest BCUT2D eigenvalue weighted by atomic mass is 9.69. The molecule has 0 heterocycles. The minimum atomic E-state index is -0.172. The minimum Gasteiger partial charge on any atom is -0.267 e. The average molecular weight is 324 g/mol. The van der Waals surface area contributed by atoms with Gasteiger partial charge in [0.05, 0.1) is 0 Å². The van der Waals surface area contributed by atoms with Crippen molar-refractivity contribution in [3.05, 3.63) is 59.2 Å². The topological polar surface area (TPSA) is 41.5 Å². The van der Waals surface area contributed by atoms with Crippen molar-refractivity contribution in [2.24, 2.45) is 28.8 Å². The van der Waals surface area contributed by atoms with E-state index in [2.05, 4.69) is 57.3 Å². The van der Waals surface area contributed by atoms with Gasteiger partial charge in [0.2, 0.25) is 0 Å². The summed E-state index contributed by atoms with van der Waals surface area (Å²) in [5.41, 5.74) is 6.01. The van der Waals surface area contributed by atoms with E-state index in [1.165, 1.54) is 11.1 Å². The molecule has 1 aromatic carbocycles. The van der Waals surface area contributed by atoms with E-state index in [0.29, 0.717) is 23.3 Å². The normalized spacial score (nSPS) is 26.8. The monoisotopic (exact) mass is 324 g/mol. The van der Waals surface area contributed by atoms with Crippen LogP contribution in [0.25, 0.3) is 0 Å². The zero-order valence-electron chi connectivity index (χ0n) is 15.3. The van der Waals surface area contributed by atoms with Crippen molar-refractivity contribution in [2.45, 2.75) is 34.6 Å². The predicted molar refractivity (Wildman–Crippen MR) is 101 cm³/mol. The number of amides is 1. The number of rotatable bonds is 4. The molecule has 128 valence electrons. The molecule has 1 aromatic rings. The van der Waals surface area contributed by atoms with Crippen LogP contribution in [0.2, 0.25) is 0 Å². The first-order chi connectivity index (χ1) is 11.4. The highest BCUT2D eigenvalue weighted by atomic mass is 16.2. The van der Waals surface area contributed by atoms with Crippen molar-refractivity contribution in [3.8, 4) is 0 Å². The smallest absolute Gasteiger partial charge is 0.267 e. The molecule has 0 fully saturated rings. The summed E-state index contributed by atoms with van der Waals surface area (Å²) in [6.07, 6.45) is 6.55. The quantitative estimate of drug-likeness (QED) is 0.481. The van der Waals surface area contributed by atoms with Gasteiger partial charge < -0.3 is 0 Å². The summed E-state index contributed by atoms with van der Waals surface area (Å²) >= 11 is 0. The van der Waals surface area contributed by atoms with Crippen LogP contribution in [0.3, 0.4) is 0 Å². The summed E-state index contributed by atoms with van der Waals surface area (Å²) in [6.45, 7) is 11.0. The van der Waals surface area contributed by atoms with Crippen LogP contribution in [0.15, 0.2) is 58.7 Å². The van der Waals surface area contributed by atoms with Gasteiger partial charge in [-0.05, 0) is 44.7 Å². The molecule has 0 aromatic heterocycles. The van der Waals surface area contributed by atoms with E-state index in [4.69, 9.17) is 0 Å². The van der Waals surface area contributed by atoms with E-state index in [1.807, 2.05) is 24.4 Å². The maximum Gasteiger partial charge on any atom is 0.271 e. The molecule has 0 radical (unpaired) electrons. The van der Waals surface area contributed by atoms with Crippen molar-refractivity contribution >= 4 is 12.1 Å². The summed E-state index contributed by atoms with van der Waals surface area (Å²) in [6, 6.07) is 9.16. The van der Waals surface area contributed by atoms with E-state index in [0.717, 1.165) is 0 Å². The number of carbonyl (C=O) groups excluding carboxylic acids is 1. The highest BCUT2D eigenvalue weighted by Gasteiger charge is 2.31. The average Bonchev–Trinajstić information content (AvgIpc) is 2.56. The van der Waals surface area contributed by atoms with Crippen LogP contribution >= 0.6 is 0 Å². The molecule has 0 saturated carbocycles. The molecule has 4 unspecified atom stereocenters. The number of hydrazone groups is 1. The summed E-state index contributed by atoms with van der Waals surface area (Å²) in [5, 5.41) is 4.26. The van der Waals surface area contributed by atoms with Crippen LogP contribution in [0.1, 0.15) is 45.0 Å². The zero-order chi connectivity index (χ0) is 17.7. The third-order valence-electron chi connectivity index (χ3n) is 4.99. The number of nitrogens with one attached hydrogen (secondary N) is 1. The summed E-state index contributed by atoms with van der Waals surface area (Å²) in [7, 11) is 0. The molecule has 2 rings (SSSR count). The van der Waals surface area contributed by atoms with Crippen LogP contribution < -0.4 is 5.43 Å². The number of allylic oxidation sites excluding steroid dienone is 4. The lowest BCUT2D eigenvalue weighted by Crippen LogP contribution is -2.32. The van der Waals surface area contributed by atoms with Gasteiger partial charge in [-0.1, -0.05) is 55.3 Å². The molecule has 1 aliphatic carbocycles. The molecule has 1 aliphatic rings. The maximum absolute atomic E-state index is 12.1. The van der Waals surface area contributed by atoms with E-state index < -0.39 is 0 Å². The fourth-order valence-electron chi connectivity index (χ4n) is 3.28. The fraction of sp³-hybridized carbons (Fsp3) is 0.429. The Bertz CT molecular complexity index is 654. The molecule has 0 spiro atoms. The van der Waals surface area contributed by atoms with Gasteiger partial charge in [-0.2, -0.15) is 5.10 Å². The molecule has 0 bridgehead atoms. The van der Waals surface area contributed by atoms with Gasteiger partial charge in [0.1, 0.15) is 0 Å². The predicted octanol–water partition coefficient (Wildman–Crippen LogP) is 4.83. The number of nitrogens with zero attached hydrogens (tertiary/aromatic N) is 1. The standard InChI is InChI=1S/C21H28N2O/c1-14(2)11-19-12-15(3)16(4)17(5)20(19)13-22-23-21(24)18-9-7-6-8-10-18/h6-13,16-17,19-20H,1-5H3,(H,23,24). The molecule has 4 atom stereocenters. The first-order valence-electron chi connectivity index (χ1n) is 8.62. The van der Waals surface area contributed by atoms with Gasteiger partial charge in [-0.25, -0.2) is 5.43 Å². The van der Waals surface area contributed by atoms with Crippen molar-refractivity contribution in [1.82, 2.24) is 5.43 Å². The van der Waals surface area contributed by atoms with E-state index in [9.17, 15) is 4.79 Å². The Labute approximate surface area is 145 Å². The van der Waals surface area contributed by atoms with Crippen LogP contribution in [-0.2, 0) is 0 Å². The van der Waals surface area contributed by atoms with Gasteiger partial charge >= 0.3 is 0 Å². The Morgan fingerprint density at radius 2 is 1.83 bits per heavy atom. The third kappa shape index (κ3) is 4.44. The summed E-state index contributed by atoms with van der Waals surface area (Å²) in [5.74, 6) is 1.45. The highest BCUT2D eigenvalue weighted by Crippen LogP contribution is 2.38. The molecule has 0 saturated heterocycles. The summed E-state index contributed by atoms with van der Waals surface area (Å²) < 4.78 is 0. The molecule has 1 N–H and O–H groups in total. The SMILES string of the molecule is CC(C)=CC1C=C(C)C(C)C(C)C1C=NNC(=O)c1ccccc1. The second kappa shape index (κ2) is 8.09. The van der Waals surface area contributed by atoms with Gasteiger partial charge in [-0.3, -0.25) is 4.79 Å². The maximum atomic E-state index is 12.1. The Morgan fingerprint density at radius 1 is 1.17 bits per heavy atom. The van der Waals surface area contributed by atoms with E-state index >= 15 is 0 Å². The Balaban J connectivity index is 2.13. The molecular formula is C21H28N2O. The molecule has 1 amide bonds. The minimum absolute atomic E-state index is 0.172. The van der Waals surface area contributed by atoms with Crippen molar-refractivity contribution < 1.29 is 4.79 Å². The largest absolute Gasteiger partial charge is 0.271 e. The zero-order valence-corrected chi connectivity index (χ0v) is 15.3. The van der Waals surface area contributed by atoms with Crippen molar-refractivity contribution in [1.29, 1.82) is 0 Å².